The molecular formula is C6H10O5. The summed E-state index contributed by atoms with van der Waals surface area (Å²) >= 11 is 0. The minimum atomic E-state index is -1.22. The lowest BCUT2D eigenvalue weighted by molar-refractivity contribution is -0.149. The fourth-order valence-electron chi connectivity index (χ4n) is 1.48. The summed E-state index contributed by atoms with van der Waals surface area (Å²) in [5, 5.41) is 27.3. The maximum Gasteiger partial charge on any atom is 0.184 e. The molecule has 0 spiro atoms. The van der Waals surface area contributed by atoms with Crippen LogP contribution in [0.4, 0.5) is 0 Å². The zero-order valence-electron chi connectivity index (χ0n) is 5.75. The van der Waals surface area contributed by atoms with Crippen molar-refractivity contribution in [3.8, 4) is 0 Å². The normalized spacial score (nSPS) is 56.5. The monoisotopic (exact) mass is 162 g/mol. The Kier molecular flexibility index (Phi) is 1.62. The van der Waals surface area contributed by atoms with E-state index in [4.69, 9.17) is 19.7 Å². The molecule has 11 heavy (non-hydrogen) atoms. The van der Waals surface area contributed by atoms with E-state index < -0.39 is 30.7 Å². The lowest BCUT2D eigenvalue weighted by Gasteiger charge is -2.10. The maximum absolute atomic E-state index is 9.17. The summed E-state index contributed by atoms with van der Waals surface area (Å²) in [6.45, 7) is 0.166. The second-order valence-electron chi connectivity index (χ2n) is 2.85. The molecule has 5 atom stereocenters. The van der Waals surface area contributed by atoms with Crippen molar-refractivity contribution in [3.05, 3.63) is 0 Å². The van der Waals surface area contributed by atoms with Crippen LogP contribution in [0, 0.1) is 0 Å². The predicted molar refractivity (Wildman–Crippen MR) is 32.6 cm³/mol. The standard InChI is InChI=1S/C6H10O5/c7-2-1-10-5-3(8)6(9)11-4(2)5/h2-9H,1H2/t2-,3+,4-,5-,6?/m1/s1. The number of rotatable bonds is 0. The van der Waals surface area contributed by atoms with Crippen molar-refractivity contribution in [2.45, 2.75) is 30.7 Å². The number of hydrogen-bond acceptors (Lipinski definition) is 5. The van der Waals surface area contributed by atoms with Gasteiger partial charge in [0, 0.05) is 0 Å². The van der Waals surface area contributed by atoms with Crippen LogP contribution in [0.5, 0.6) is 0 Å². The molecule has 0 radical (unpaired) electrons. The van der Waals surface area contributed by atoms with E-state index in [2.05, 4.69) is 0 Å². The summed E-state index contributed by atoms with van der Waals surface area (Å²) in [6.07, 6.45) is -4.12. The summed E-state index contributed by atoms with van der Waals surface area (Å²) in [5.41, 5.74) is 0. The largest absolute Gasteiger partial charge is 0.388 e. The van der Waals surface area contributed by atoms with Crippen molar-refractivity contribution in [2.24, 2.45) is 0 Å². The van der Waals surface area contributed by atoms with Gasteiger partial charge < -0.3 is 24.8 Å². The van der Waals surface area contributed by atoms with Gasteiger partial charge in [0.1, 0.15) is 24.4 Å². The first-order chi connectivity index (χ1) is 5.20. The Labute approximate surface area is 63.2 Å². The van der Waals surface area contributed by atoms with Crippen LogP contribution in [0.25, 0.3) is 0 Å². The van der Waals surface area contributed by atoms with Crippen LogP contribution in [-0.2, 0) is 9.47 Å². The zero-order valence-corrected chi connectivity index (χ0v) is 5.75. The Morgan fingerprint density at radius 1 is 1.09 bits per heavy atom. The molecule has 64 valence electrons. The Hall–Kier alpha value is -0.200. The lowest BCUT2D eigenvalue weighted by Crippen LogP contribution is -2.32. The topological polar surface area (TPSA) is 79.2 Å². The molecule has 0 aromatic heterocycles. The van der Waals surface area contributed by atoms with Gasteiger partial charge in [-0.05, 0) is 0 Å². The minimum absolute atomic E-state index is 0.166. The molecule has 2 saturated heterocycles. The highest BCUT2D eigenvalue weighted by molar-refractivity contribution is 4.95. The van der Waals surface area contributed by atoms with E-state index in [0.29, 0.717) is 0 Å². The van der Waals surface area contributed by atoms with Gasteiger partial charge >= 0.3 is 0 Å². The molecule has 3 N–H and O–H groups in total. The average molecular weight is 162 g/mol. The summed E-state index contributed by atoms with van der Waals surface area (Å²) in [7, 11) is 0. The van der Waals surface area contributed by atoms with Crippen molar-refractivity contribution >= 4 is 0 Å². The van der Waals surface area contributed by atoms with E-state index in [9.17, 15) is 5.11 Å². The second-order valence-corrected chi connectivity index (χ2v) is 2.85. The molecular weight excluding hydrogens is 152 g/mol. The summed E-state index contributed by atoms with van der Waals surface area (Å²) in [4.78, 5) is 0. The molecule has 0 saturated carbocycles. The van der Waals surface area contributed by atoms with Gasteiger partial charge in [0.25, 0.3) is 0 Å². The predicted octanol–water partition coefficient (Wildman–Crippen LogP) is -2.18. The Balaban J connectivity index is 2.12. The smallest absolute Gasteiger partial charge is 0.184 e. The first kappa shape index (κ1) is 7.45. The highest BCUT2D eigenvalue weighted by Crippen LogP contribution is 2.29. The van der Waals surface area contributed by atoms with Crippen molar-refractivity contribution < 1.29 is 24.8 Å². The average Bonchev–Trinajstić information content (AvgIpc) is 2.43. The Bertz CT molecular complexity index is 161. The van der Waals surface area contributed by atoms with E-state index in [0.717, 1.165) is 0 Å². The molecule has 2 aliphatic rings. The fraction of sp³-hybridized carbons (Fsp3) is 1.00. The number of ether oxygens (including phenoxy) is 2. The number of fused-ring (bicyclic) bond motifs is 1. The summed E-state index contributed by atoms with van der Waals surface area (Å²) in [5.74, 6) is 0. The molecule has 2 heterocycles. The molecule has 1 unspecified atom stereocenters. The van der Waals surface area contributed by atoms with E-state index in [1.807, 2.05) is 0 Å². The Morgan fingerprint density at radius 3 is 2.45 bits per heavy atom. The van der Waals surface area contributed by atoms with Gasteiger partial charge in [-0.15, -0.1) is 0 Å². The van der Waals surface area contributed by atoms with Crippen LogP contribution >= 0.6 is 0 Å². The molecule has 5 nitrogen and oxygen atoms in total. The van der Waals surface area contributed by atoms with Crippen LogP contribution in [0.1, 0.15) is 0 Å². The number of hydrogen-bond donors (Lipinski definition) is 3. The van der Waals surface area contributed by atoms with E-state index >= 15 is 0 Å². The quantitative estimate of drug-likeness (QED) is 0.377. The van der Waals surface area contributed by atoms with Gasteiger partial charge in [0.2, 0.25) is 0 Å². The third kappa shape index (κ3) is 0.969. The SMILES string of the molecule is OC1O[C@H]2[C@H](OC[C@H]2O)[C@@H]1O. The van der Waals surface area contributed by atoms with Crippen LogP contribution in [-0.4, -0.2) is 52.6 Å². The highest BCUT2D eigenvalue weighted by atomic mass is 16.7. The lowest BCUT2D eigenvalue weighted by atomic mass is 10.1. The van der Waals surface area contributed by atoms with Crippen molar-refractivity contribution in [1.82, 2.24) is 0 Å². The molecule has 0 aromatic rings. The fourth-order valence-corrected chi connectivity index (χ4v) is 1.48. The zero-order chi connectivity index (χ0) is 8.01. The van der Waals surface area contributed by atoms with Gasteiger partial charge in [-0.1, -0.05) is 0 Å². The molecule has 0 amide bonds. The van der Waals surface area contributed by atoms with Crippen molar-refractivity contribution in [1.29, 1.82) is 0 Å². The van der Waals surface area contributed by atoms with Gasteiger partial charge in [0.05, 0.1) is 6.61 Å². The molecule has 2 aliphatic heterocycles. The third-order valence-electron chi connectivity index (χ3n) is 2.09. The second kappa shape index (κ2) is 2.40. The van der Waals surface area contributed by atoms with E-state index in [1.165, 1.54) is 0 Å². The molecule has 0 aliphatic carbocycles. The number of aliphatic hydroxyl groups is 3. The van der Waals surface area contributed by atoms with Crippen LogP contribution in [0.3, 0.4) is 0 Å². The molecule has 2 fully saturated rings. The molecule has 0 aromatic carbocycles. The first-order valence-corrected chi connectivity index (χ1v) is 3.51. The molecule has 5 heteroatoms. The van der Waals surface area contributed by atoms with Crippen molar-refractivity contribution in [3.63, 3.8) is 0 Å². The van der Waals surface area contributed by atoms with Crippen LogP contribution in [0.2, 0.25) is 0 Å². The highest BCUT2D eigenvalue weighted by Gasteiger charge is 2.51. The van der Waals surface area contributed by atoms with Gasteiger partial charge in [0.15, 0.2) is 6.29 Å². The van der Waals surface area contributed by atoms with E-state index in [-0.39, 0.29) is 6.61 Å². The molecule has 2 rings (SSSR count). The first-order valence-electron chi connectivity index (χ1n) is 3.51. The summed E-state index contributed by atoms with van der Waals surface area (Å²) in [6, 6.07) is 0. The Morgan fingerprint density at radius 2 is 1.82 bits per heavy atom. The number of aliphatic hydroxyl groups excluding tert-OH is 3. The van der Waals surface area contributed by atoms with Crippen molar-refractivity contribution in [2.75, 3.05) is 6.61 Å². The third-order valence-corrected chi connectivity index (χ3v) is 2.09. The van der Waals surface area contributed by atoms with Gasteiger partial charge in [-0.25, -0.2) is 0 Å². The van der Waals surface area contributed by atoms with Crippen LogP contribution in [0.15, 0.2) is 0 Å². The summed E-state index contributed by atoms with van der Waals surface area (Å²) < 4.78 is 9.83. The maximum atomic E-state index is 9.17. The molecule has 0 bridgehead atoms. The minimum Gasteiger partial charge on any atom is -0.388 e. The van der Waals surface area contributed by atoms with E-state index in [1.54, 1.807) is 0 Å². The van der Waals surface area contributed by atoms with Gasteiger partial charge in [-0.2, -0.15) is 0 Å². The van der Waals surface area contributed by atoms with Crippen LogP contribution < -0.4 is 0 Å². The van der Waals surface area contributed by atoms with Gasteiger partial charge in [-0.3, -0.25) is 0 Å².